The van der Waals surface area contributed by atoms with Gasteiger partial charge < -0.3 is 23.6 Å². The van der Waals surface area contributed by atoms with E-state index < -0.39 is 46.9 Å². The van der Waals surface area contributed by atoms with Crippen molar-refractivity contribution in [3.05, 3.63) is 71.3 Å². The molecule has 0 bridgehead atoms. The van der Waals surface area contributed by atoms with Crippen molar-refractivity contribution < 1.29 is 23.1 Å². The molecule has 2 aromatic rings. The maximum atomic E-state index is 13.4. The molecule has 0 radical (unpaired) electrons. The number of nitrogens with one attached hydrogen (secondary N) is 1. The Morgan fingerprint density at radius 2 is 1.64 bits per heavy atom. The minimum absolute atomic E-state index is 0.0143. The standard InChI is InChI=1S/C31H49N3O6Si2/c1-12-20-37-25-23(21-38-41(8,9)30(2,3)4)39-28(26(25)40-42(10,11)31(5,6)7)34-19-18-24(33-29(34)36)32-27(35)22-16-14-13-15-17-22/h12-19,23,25-26,28H,1,20-21H2,2-11H3,(H,32,33,35,36)/t23-,25-,26-,28-/m1/s1. The second kappa shape index (κ2) is 13.1. The minimum atomic E-state index is -2.34. The number of hydrogen-bond acceptors (Lipinski definition) is 7. The van der Waals surface area contributed by atoms with Gasteiger partial charge >= 0.3 is 5.69 Å². The number of nitrogens with zero attached hydrogens (tertiary/aromatic N) is 2. The largest absolute Gasteiger partial charge is 0.414 e. The Bertz CT molecular complexity index is 1280. The van der Waals surface area contributed by atoms with Gasteiger partial charge in [-0.1, -0.05) is 65.8 Å². The fraction of sp³-hybridized carbons (Fsp3) is 0.581. The molecular formula is C31H49N3O6Si2. The molecule has 2 heterocycles. The normalized spacial score (nSPS) is 21.8. The summed E-state index contributed by atoms with van der Waals surface area (Å²) in [5.41, 5.74) is -0.0969. The lowest BCUT2D eigenvalue weighted by molar-refractivity contribution is -0.0564. The van der Waals surface area contributed by atoms with E-state index >= 15 is 0 Å². The first-order valence-electron chi connectivity index (χ1n) is 14.5. The lowest BCUT2D eigenvalue weighted by atomic mass is 10.1. The van der Waals surface area contributed by atoms with Crippen molar-refractivity contribution in [1.29, 1.82) is 0 Å². The Labute approximate surface area is 252 Å². The van der Waals surface area contributed by atoms with E-state index in [0.717, 1.165) is 0 Å². The van der Waals surface area contributed by atoms with Crippen LogP contribution in [0.15, 0.2) is 60.0 Å². The average molecular weight is 616 g/mol. The zero-order valence-corrected chi connectivity index (χ0v) is 28.9. The highest BCUT2D eigenvalue weighted by Crippen LogP contribution is 2.43. The van der Waals surface area contributed by atoms with Crippen molar-refractivity contribution >= 4 is 28.4 Å². The van der Waals surface area contributed by atoms with Gasteiger partial charge in [0.2, 0.25) is 0 Å². The van der Waals surface area contributed by atoms with Crippen LogP contribution in [0.3, 0.4) is 0 Å². The summed E-state index contributed by atoms with van der Waals surface area (Å²) in [6.07, 6.45) is 0.897. The van der Waals surface area contributed by atoms with Gasteiger partial charge in [0.05, 0.1) is 13.2 Å². The topological polar surface area (TPSA) is 101 Å². The van der Waals surface area contributed by atoms with E-state index in [4.69, 9.17) is 18.3 Å². The number of carbonyl (C=O) groups excluding carboxylic acids is 1. The molecule has 42 heavy (non-hydrogen) atoms. The number of benzene rings is 1. The van der Waals surface area contributed by atoms with Crippen molar-refractivity contribution in [2.45, 2.75) is 102 Å². The summed E-state index contributed by atoms with van der Waals surface area (Å²) in [7, 11) is -4.45. The van der Waals surface area contributed by atoms with Gasteiger partial charge in [-0.25, -0.2) is 4.79 Å². The van der Waals surface area contributed by atoms with Crippen molar-refractivity contribution in [2.24, 2.45) is 0 Å². The number of anilines is 1. The lowest BCUT2D eigenvalue weighted by Crippen LogP contribution is -2.50. The molecule has 0 unspecified atom stereocenters. The van der Waals surface area contributed by atoms with E-state index in [1.54, 1.807) is 42.6 Å². The third-order valence-corrected chi connectivity index (χ3v) is 17.7. The van der Waals surface area contributed by atoms with Gasteiger partial charge in [-0.05, 0) is 54.5 Å². The molecule has 232 valence electrons. The molecule has 1 N–H and O–H groups in total. The van der Waals surface area contributed by atoms with E-state index in [-0.39, 0.29) is 21.8 Å². The molecule has 0 aliphatic carbocycles. The molecule has 4 atom stereocenters. The van der Waals surface area contributed by atoms with Crippen LogP contribution in [0.5, 0.6) is 0 Å². The first-order valence-corrected chi connectivity index (χ1v) is 20.3. The summed E-state index contributed by atoms with van der Waals surface area (Å²) < 4.78 is 27.8. The zero-order valence-electron chi connectivity index (χ0n) is 26.9. The summed E-state index contributed by atoms with van der Waals surface area (Å²) >= 11 is 0. The number of rotatable bonds is 11. The van der Waals surface area contributed by atoms with Crippen LogP contribution in [-0.2, 0) is 18.3 Å². The number of amides is 1. The third kappa shape index (κ3) is 7.94. The molecule has 1 aliphatic heterocycles. The Balaban J connectivity index is 1.98. The van der Waals surface area contributed by atoms with Crippen LogP contribution >= 0.6 is 0 Å². The molecule has 1 amide bonds. The monoisotopic (exact) mass is 615 g/mol. The van der Waals surface area contributed by atoms with Crippen molar-refractivity contribution in [1.82, 2.24) is 9.55 Å². The summed E-state index contributed by atoms with van der Waals surface area (Å²) in [4.78, 5) is 30.2. The smallest absolute Gasteiger partial charge is 0.351 e. The maximum Gasteiger partial charge on any atom is 0.351 e. The SMILES string of the molecule is C=CCO[C@H]1[C@@H](O[Si](C)(C)C(C)(C)C)[C@H](n2ccc(NC(=O)c3ccccc3)nc2=O)O[C@@H]1CO[Si](C)(C)C(C)(C)C. The number of ether oxygens (including phenoxy) is 2. The number of hydrogen-bond donors (Lipinski definition) is 1. The van der Waals surface area contributed by atoms with Crippen LogP contribution in [0.4, 0.5) is 5.82 Å². The highest BCUT2D eigenvalue weighted by atomic mass is 28.4. The van der Waals surface area contributed by atoms with Gasteiger partial charge in [-0.3, -0.25) is 9.36 Å². The summed E-state index contributed by atoms with van der Waals surface area (Å²) in [5, 5.41) is 2.62. The van der Waals surface area contributed by atoms with Crippen LogP contribution in [0.1, 0.15) is 58.1 Å². The molecule has 0 saturated carbocycles. The van der Waals surface area contributed by atoms with Gasteiger partial charge in [0.15, 0.2) is 22.9 Å². The highest BCUT2D eigenvalue weighted by Gasteiger charge is 2.52. The maximum absolute atomic E-state index is 13.4. The van der Waals surface area contributed by atoms with E-state index in [1.807, 2.05) is 6.07 Å². The molecule has 1 saturated heterocycles. The minimum Gasteiger partial charge on any atom is -0.414 e. The molecule has 1 fully saturated rings. The molecule has 11 heteroatoms. The highest BCUT2D eigenvalue weighted by molar-refractivity contribution is 6.74. The second-order valence-corrected chi connectivity index (χ2v) is 23.5. The molecule has 1 aliphatic rings. The Morgan fingerprint density at radius 3 is 2.19 bits per heavy atom. The summed E-state index contributed by atoms with van der Waals surface area (Å²) in [5.74, 6) is -0.195. The van der Waals surface area contributed by atoms with Gasteiger partial charge in [0.1, 0.15) is 24.1 Å². The van der Waals surface area contributed by atoms with Crippen LogP contribution in [0, 0.1) is 0 Å². The molecule has 1 aromatic heterocycles. The molecule has 0 spiro atoms. The Kier molecular flexibility index (Phi) is 10.6. The predicted octanol–water partition coefficient (Wildman–Crippen LogP) is 6.38. The van der Waals surface area contributed by atoms with Crippen molar-refractivity contribution in [2.75, 3.05) is 18.5 Å². The summed E-state index contributed by atoms with van der Waals surface area (Å²) in [6.45, 7) is 26.2. The van der Waals surface area contributed by atoms with E-state index in [2.05, 4.69) is 84.6 Å². The van der Waals surface area contributed by atoms with Crippen LogP contribution < -0.4 is 11.0 Å². The molecule has 1 aromatic carbocycles. The lowest BCUT2D eigenvalue weighted by Gasteiger charge is -2.41. The van der Waals surface area contributed by atoms with Gasteiger partial charge in [-0.15, -0.1) is 6.58 Å². The van der Waals surface area contributed by atoms with Crippen LogP contribution in [0.25, 0.3) is 0 Å². The molecular weight excluding hydrogens is 567 g/mol. The zero-order chi connectivity index (χ0) is 31.5. The quantitative estimate of drug-likeness (QED) is 0.231. The second-order valence-electron chi connectivity index (χ2n) is 13.9. The van der Waals surface area contributed by atoms with E-state index in [9.17, 15) is 9.59 Å². The third-order valence-electron chi connectivity index (χ3n) is 8.73. The van der Waals surface area contributed by atoms with Gasteiger partial charge in [0, 0.05) is 11.8 Å². The molecule has 9 nitrogen and oxygen atoms in total. The number of carbonyl (C=O) groups is 1. The van der Waals surface area contributed by atoms with E-state index in [1.165, 1.54) is 4.57 Å². The van der Waals surface area contributed by atoms with Crippen LogP contribution in [0.2, 0.25) is 36.3 Å². The summed E-state index contributed by atoms with van der Waals surface area (Å²) in [6, 6.07) is 10.4. The van der Waals surface area contributed by atoms with Crippen molar-refractivity contribution in [3.8, 4) is 0 Å². The number of aromatic nitrogens is 2. The molecule has 3 rings (SSSR count). The predicted molar refractivity (Wildman–Crippen MR) is 172 cm³/mol. The first-order chi connectivity index (χ1) is 19.4. The van der Waals surface area contributed by atoms with Gasteiger partial charge in [-0.2, -0.15) is 4.98 Å². The van der Waals surface area contributed by atoms with Crippen molar-refractivity contribution in [3.63, 3.8) is 0 Å². The Hall–Kier alpha value is -2.42. The van der Waals surface area contributed by atoms with E-state index in [0.29, 0.717) is 18.8 Å². The van der Waals surface area contributed by atoms with Crippen LogP contribution in [-0.4, -0.2) is 63.6 Å². The van der Waals surface area contributed by atoms with Gasteiger partial charge in [0.25, 0.3) is 5.91 Å². The average Bonchev–Trinajstić information content (AvgIpc) is 3.21. The Morgan fingerprint density at radius 1 is 1.02 bits per heavy atom. The fourth-order valence-electron chi connectivity index (χ4n) is 4.05. The fourth-order valence-corrected chi connectivity index (χ4v) is 6.35. The first kappa shape index (κ1) is 34.1.